The van der Waals surface area contributed by atoms with Crippen molar-refractivity contribution in [2.75, 3.05) is 13.7 Å². The van der Waals surface area contributed by atoms with E-state index in [-0.39, 0.29) is 18.6 Å². The molecule has 0 aliphatic rings. The largest absolute Gasteiger partial charge is 0.394 e. The third-order valence-electron chi connectivity index (χ3n) is 2.56. The molecule has 1 rings (SSSR count). The highest BCUT2D eigenvalue weighted by Gasteiger charge is 2.11. The number of aliphatic hydroxyl groups is 1. The van der Waals surface area contributed by atoms with Gasteiger partial charge in [-0.2, -0.15) is 0 Å². The van der Waals surface area contributed by atoms with Crippen LogP contribution in [0.25, 0.3) is 6.08 Å². The van der Waals surface area contributed by atoms with E-state index in [1.54, 1.807) is 20.0 Å². The van der Waals surface area contributed by atoms with Crippen molar-refractivity contribution in [3.63, 3.8) is 0 Å². The number of hydrogen-bond donors (Lipinski definition) is 1. The summed E-state index contributed by atoms with van der Waals surface area (Å²) in [6, 6.07) is 7.51. The summed E-state index contributed by atoms with van der Waals surface area (Å²) in [6.45, 7) is 1.76. The predicted molar refractivity (Wildman–Crippen MR) is 72.5 cm³/mol. The van der Waals surface area contributed by atoms with Crippen LogP contribution in [0.4, 0.5) is 0 Å². The second-order valence-electron chi connectivity index (χ2n) is 3.87. The second-order valence-corrected chi connectivity index (χ2v) is 4.78. The molecule has 0 fully saturated rings. The third-order valence-corrected chi connectivity index (χ3v) is 3.09. The molecule has 1 N–H and O–H groups in total. The van der Waals surface area contributed by atoms with Gasteiger partial charge in [-0.15, -0.1) is 0 Å². The van der Waals surface area contributed by atoms with Crippen molar-refractivity contribution in [1.29, 1.82) is 0 Å². The Balaban J connectivity index is 2.65. The molecule has 1 aromatic rings. The van der Waals surface area contributed by atoms with E-state index in [2.05, 4.69) is 15.9 Å². The molecule has 1 atom stereocenters. The number of aliphatic hydroxyl groups excluding tert-OH is 1. The molecule has 0 bridgehead atoms. The van der Waals surface area contributed by atoms with Crippen molar-refractivity contribution in [3.8, 4) is 0 Å². The van der Waals surface area contributed by atoms with E-state index in [0.29, 0.717) is 0 Å². The standard InChI is InChI=1S/C13H16BrNO2/c1-10(9-16)15(2)13(17)8-5-11-3-6-12(14)7-4-11/h3-8,10,16H,9H2,1-2H3/b8-5+. The third kappa shape index (κ3) is 4.32. The molecule has 0 aliphatic heterocycles. The van der Waals surface area contributed by atoms with Gasteiger partial charge in [0, 0.05) is 17.6 Å². The number of carbonyl (C=O) groups is 1. The molecule has 0 radical (unpaired) electrons. The summed E-state index contributed by atoms with van der Waals surface area (Å²) in [6.07, 6.45) is 3.27. The molecule has 92 valence electrons. The fourth-order valence-corrected chi connectivity index (χ4v) is 1.46. The average molecular weight is 298 g/mol. The number of amides is 1. The zero-order valence-electron chi connectivity index (χ0n) is 9.93. The molecule has 0 aromatic heterocycles. The Hall–Kier alpha value is -1.13. The van der Waals surface area contributed by atoms with Gasteiger partial charge in [-0.3, -0.25) is 4.79 Å². The van der Waals surface area contributed by atoms with E-state index >= 15 is 0 Å². The maximum atomic E-state index is 11.7. The van der Waals surface area contributed by atoms with Gasteiger partial charge in [0.25, 0.3) is 0 Å². The normalized spacial score (nSPS) is 12.7. The lowest BCUT2D eigenvalue weighted by atomic mass is 10.2. The summed E-state index contributed by atoms with van der Waals surface area (Å²) in [5.74, 6) is -0.116. The highest BCUT2D eigenvalue weighted by atomic mass is 79.9. The number of carbonyl (C=O) groups excluding carboxylic acids is 1. The number of likely N-dealkylation sites (N-methyl/N-ethyl adjacent to an activating group) is 1. The molecule has 1 amide bonds. The minimum Gasteiger partial charge on any atom is -0.394 e. The predicted octanol–water partition coefficient (Wildman–Crippen LogP) is 2.30. The maximum absolute atomic E-state index is 11.7. The van der Waals surface area contributed by atoms with Gasteiger partial charge in [-0.1, -0.05) is 28.1 Å². The monoisotopic (exact) mass is 297 g/mol. The molecular formula is C13H16BrNO2. The van der Waals surface area contributed by atoms with Gasteiger partial charge in [0.1, 0.15) is 0 Å². The summed E-state index contributed by atoms with van der Waals surface area (Å²) < 4.78 is 1.01. The highest BCUT2D eigenvalue weighted by Crippen LogP contribution is 2.11. The van der Waals surface area contributed by atoms with Crippen LogP contribution in [0.1, 0.15) is 12.5 Å². The van der Waals surface area contributed by atoms with Crippen LogP contribution in [-0.2, 0) is 4.79 Å². The van der Waals surface area contributed by atoms with Crippen molar-refractivity contribution in [2.45, 2.75) is 13.0 Å². The van der Waals surface area contributed by atoms with E-state index in [0.717, 1.165) is 10.0 Å². The van der Waals surface area contributed by atoms with Crippen LogP contribution in [0.3, 0.4) is 0 Å². The SMILES string of the molecule is CC(CO)N(C)C(=O)/C=C/c1ccc(Br)cc1. The van der Waals surface area contributed by atoms with Crippen molar-refractivity contribution in [2.24, 2.45) is 0 Å². The van der Waals surface area contributed by atoms with Crippen molar-refractivity contribution in [3.05, 3.63) is 40.4 Å². The first-order valence-electron chi connectivity index (χ1n) is 5.36. The first-order valence-corrected chi connectivity index (χ1v) is 6.15. The molecule has 4 heteroatoms. The summed E-state index contributed by atoms with van der Waals surface area (Å²) in [7, 11) is 1.68. The Bertz CT molecular complexity index is 400. The molecule has 0 spiro atoms. The second kappa shape index (κ2) is 6.57. The van der Waals surface area contributed by atoms with Crippen LogP contribution in [0.5, 0.6) is 0 Å². The maximum Gasteiger partial charge on any atom is 0.246 e. The zero-order valence-corrected chi connectivity index (χ0v) is 11.5. The fourth-order valence-electron chi connectivity index (χ4n) is 1.20. The van der Waals surface area contributed by atoms with E-state index in [1.807, 2.05) is 24.3 Å². The van der Waals surface area contributed by atoms with E-state index in [1.165, 1.54) is 11.0 Å². The quantitative estimate of drug-likeness (QED) is 0.867. The lowest BCUT2D eigenvalue weighted by Crippen LogP contribution is -2.36. The van der Waals surface area contributed by atoms with E-state index < -0.39 is 0 Å². The van der Waals surface area contributed by atoms with Crippen LogP contribution in [0.15, 0.2) is 34.8 Å². The number of benzene rings is 1. The highest BCUT2D eigenvalue weighted by molar-refractivity contribution is 9.10. The smallest absolute Gasteiger partial charge is 0.246 e. The number of rotatable bonds is 4. The molecule has 17 heavy (non-hydrogen) atoms. The summed E-state index contributed by atoms with van der Waals surface area (Å²) in [4.78, 5) is 13.2. The van der Waals surface area contributed by atoms with Gasteiger partial charge >= 0.3 is 0 Å². The van der Waals surface area contributed by atoms with Crippen LogP contribution >= 0.6 is 15.9 Å². The molecule has 3 nitrogen and oxygen atoms in total. The Morgan fingerprint density at radius 3 is 2.59 bits per heavy atom. The van der Waals surface area contributed by atoms with Crippen LogP contribution in [0, 0.1) is 0 Å². The Morgan fingerprint density at radius 1 is 1.47 bits per heavy atom. The molecule has 1 unspecified atom stereocenters. The minimum atomic E-state index is -0.169. The first kappa shape index (κ1) is 13.9. The first-order chi connectivity index (χ1) is 8.04. The lowest BCUT2D eigenvalue weighted by molar-refractivity contribution is -0.127. The van der Waals surface area contributed by atoms with Gasteiger partial charge in [-0.25, -0.2) is 0 Å². The summed E-state index contributed by atoms with van der Waals surface area (Å²) >= 11 is 3.35. The van der Waals surface area contributed by atoms with Gasteiger partial charge in [0.2, 0.25) is 5.91 Å². The average Bonchev–Trinajstić information content (AvgIpc) is 2.35. The summed E-state index contributed by atoms with van der Waals surface area (Å²) in [5, 5.41) is 8.95. The Morgan fingerprint density at radius 2 is 2.06 bits per heavy atom. The summed E-state index contributed by atoms with van der Waals surface area (Å²) in [5.41, 5.74) is 0.964. The Kier molecular flexibility index (Phi) is 5.38. The van der Waals surface area contributed by atoms with Crippen LogP contribution in [-0.4, -0.2) is 35.6 Å². The number of hydrogen-bond acceptors (Lipinski definition) is 2. The van der Waals surface area contributed by atoms with Crippen molar-refractivity contribution in [1.82, 2.24) is 4.90 Å². The topological polar surface area (TPSA) is 40.5 Å². The molecule has 0 saturated heterocycles. The minimum absolute atomic E-state index is 0.0334. The molecule has 0 saturated carbocycles. The lowest BCUT2D eigenvalue weighted by Gasteiger charge is -2.21. The number of nitrogens with zero attached hydrogens (tertiary/aromatic N) is 1. The van der Waals surface area contributed by atoms with E-state index in [4.69, 9.17) is 5.11 Å². The molecular weight excluding hydrogens is 282 g/mol. The Labute approximate surface area is 110 Å². The van der Waals surface area contributed by atoms with Crippen LogP contribution < -0.4 is 0 Å². The van der Waals surface area contributed by atoms with Gasteiger partial charge in [0.15, 0.2) is 0 Å². The zero-order chi connectivity index (χ0) is 12.8. The van der Waals surface area contributed by atoms with Crippen molar-refractivity contribution >= 4 is 27.9 Å². The molecule has 1 aromatic carbocycles. The van der Waals surface area contributed by atoms with Gasteiger partial charge in [-0.05, 0) is 30.7 Å². The van der Waals surface area contributed by atoms with Gasteiger partial charge < -0.3 is 10.0 Å². The molecule has 0 heterocycles. The van der Waals surface area contributed by atoms with E-state index in [9.17, 15) is 4.79 Å². The van der Waals surface area contributed by atoms with Crippen LogP contribution in [0.2, 0.25) is 0 Å². The van der Waals surface area contributed by atoms with Gasteiger partial charge in [0.05, 0.1) is 12.6 Å². The van der Waals surface area contributed by atoms with Crippen molar-refractivity contribution < 1.29 is 9.90 Å². The molecule has 0 aliphatic carbocycles. The number of halogens is 1. The fraction of sp³-hybridized carbons (Fsp3) is 0.308.